The zero-order valence-corrected chi connectivity index (χ0v) is 13.6. The van der Waals surface area contributed by atoms with Crippen LogP contribution in [0.3, 0.4) is 0 Å². The fourth-order valence-electron chi connectivity index (χ4n) is 1.97. The summed E-state index contributed by atoms with van der Waals surface area (Å²) in [4.78, 5) is 11.8. The number of carbonyl (C=O) groups excluding carboxylic acids is 1. The molecular weight excluding hydrogens is 330 g/mol. The molecule has 0 fully saturated rings. The lowest BCUT2D eigenvalue weighted by Crippen LogP contribution is -2.22. The van der Waals surface area contributed by atoms with Crippen LogP contribution < -0.4 is 16.4 Å². The summed E-state index contributed by atoms with van der Waals surface area (Å²) in [6.07, 6.45) is 0. The molecule has 4 nitrogen and oxygen atoms in total. The monoisotopic (exact) mass is 347 g/mol. The van der Waals surface area contributed by atoms with E-state index in [0.29, 0.717) is 17.8 Å². The first-order valence-corrected chi connectivity index (χ1v) is 7.52. The van der Waals surface area contributed by atoms with Gasteiger partial charge in [0.25, 0.3) is 5.91 Å². The van der Waals surface area contributed by atoms with Crippen LogP contribution in [0.25, 0.3) is 0 Å². The number of nitrogens with two attached hydrogens (primary N) is 1. The van der Waals surface area contributed by atoms with Gasteiger partial charge in [-0.3, -0.25) is 4.79 Å². The first-order valence-electron chi connectivity index (χ1n) is 6.72. The fraction of sp³-hybridized carbons (Fsp3) is 0.188. The van der Waals surface area contributed by atoms with E-state index in [4.69, 9.17) is 5.73 Å². The lowest BCUT2D eigenvalue weighted by atomic mass is 10.1. The van der Waals surface area contributed by atoms with Crippen molar-refractivity contribution in [3.05, 3.63) is 52.0 Å². The number of nitrogen functional groups attached to an aromatic ring is 1. The van der Waals surface area contributed by atoms with Crippen LogP contribution in [0.2, 0.25) is 0 Å². The number of anilines is 3. The Kier molecular flexibility index (Phi) is 4.85. The first-order chi connectivity index (χ1) is 10.0. The molecule has 0 heterocycles. The van der Waals surface area contributed by atoms with Gasteiger partial charge in [0.15, 0.2) is 0 Å². The van der Waals surface area contributed by atoms with Crippen LogP contribution in [0, 0.1) is 6.92 Å². The van der Waals surface area contributed by atoms with Gasteiger partial charge < -0.3 is 16.4 Å². The second-order valence-corrected chi connectivity index (χ2v) is 5.55. The Morgan fingerprint density at radius 3 is 2.67 bits per heavy atom. The van der Waals surface area contributed by atoms with Gasteiger partial charge in [-0.2, -0.15) is 0 Å². The van der Waals surface area contributed by atoms with Gasteiger partial charge in [0.05, 0.1) is 11.4 Å². The smallest absolute Gasteiger partial charge is 0.251 e. The maximum atomic E-state index is 11.8. The van der Waals surface area contributed by atoms with E-state index < -0.39 is 0 Å². The van der Waals surface area contributed by atoms with Crippen LogP contribution in [0.1, 0.15) is 22.8 Å². The lowest BCUT2D eigenvalue weighted by molar-refractivity contribution is 0.0956. The Hall–Kier alpha value is -2.01. The molecule has 110 valence electrons. The van der Waals surface area contributed by atoms with Gasteiger partial charge in [0, 0.05) is 22.3 Å². The molecule has 2 aromatic carbocycles. The molecule has 0 atom stereocenters. The third kappa shape index (κ3) is 3.55. The van der Waals surface area contributed by atoms with Crippen LogP contribution in [0.15, 0.2) is 40.9 Å². The van der Waals surface area contributed by atoms with E-state index in [9.17, 15) is 4.79 Å². The topological polar surface area (TPSA) is 67.2 Å². The molecule has 0 aliphatic rings. The summed E-state index contributed by atoms with van der Waals surface area (Å²) in [5.74, 6) is -0.116. The lowest BCUT2D eigenvalue weighted by Gasteiger charge is -2.13. The van der Waals surface area contributed by atoms with Crippen molar-refractivity contribution in [1.82, 2.24) is 5.32 Å². The predicted octanol–water partition coefficient (Wildman–Crippen LogP) is 3.83. The molecule has 0 unspecified atom stereocenters. The molecule has 2 aromatic rings. The van der Waals surface area contributed by atoms with Crippen LogP contribution in [0.4, 0.5) is 17.1 Å². The Bertz CT molecular complexity index is 671. The van der Waals surface area contributed by atoms with Crippen molar-refractivity contribution in [3.63, 3.8) is 0 Å². The van der Waals surface area contributed by atoms with E-state index >= 15 is 0 Å². The highest BCUT2D eigenvalue weighted by Crippen LogP contribution is 2.29. The third-order valence-electron chi connectivity index (χ3n) is 3.19. The van der Waals surface area contributed by atoms with Crippen molar-refractivity contribution in [3.8, 4) is 0 Å². The Morgan fingerprint density at radius 2 is 2.00 bits per heavy atom. The highest BCUT2D eigenvalue weighted by Gasteiger charge is 2.08. The average molecular weight is 348 g/mol. The summed E-state index contributed by atoms with van der Waals surface area (Å²) in [6, 6.07) is 11.2. The molecule has 0 spiro atoms. The van der Waals surface area contributed by atoms with Crippen molar-refractivity contribution in [2.75, 3.05) is 17.6 Å². The maximum Gasteiger partial charge on any atom is 0.251 e. The molecule has 1 amide bonds. The summed E-state index contributed by atoms with van der Waals surface area (Å²) in [5.41, 5.74) is 10.00. The van der Waals surface area contributed by atoms with Gasteiger partial charge in [-0.25, -0.2) is 0 Å². The molecule has 0 aliphatic carbocycles. The number of nitrogens with one attached hydrogen (secondary N) is 2. The molecule has 0 saturated heterocycles. The number of hydrogen-bond donors (Lipinski definition) is 3. The molecule has 2 rings (SSSR count). The molecular formula is C16H18BrN3O. The van der Waals surface area contributed by atoms with E-state index in [0.717, 1.165) is 21.4 Å². The highest BCUT2D eigenvalue weighted by atomic mass is 79.9. The fourth-order valence-corrected chi connectivity index (χ4v) is 2.33. The van der Waals surface area contributed by atoms with Gasteiger partial charge in [0.1, 0.15) is 0 Å². The largest absolute Gasteiger partial charge is 0.397 e. The zero-order valence-electron chi connectivity index (χ0n) is 12.0. The number of rotatable bonds is 4. The summed E-state index contributed by atoms with van der Waals surface area (Å²) >= 11 is 3.50. The van der Waals surface area contributed by atoms with Gasteiger partial charge in [0.2, 0.25) is 0 Å². The van der Waals surface area contributed by atoms with Crippen molar-refractivity contribution in [2.24, 2.45) is 0 Å². The summed E-state index contributed by atoms with van der Waals surface area (Å²) in [7, 11) is 0. The van der Waals surface area contributed by atoms with Gasteiger partial charge in [-0.15, -0.1) is 0 Å². The van der Waals surface area contributed by atoms with Crippen LogP contribution in [-0.4, -0.2) is 12.5 Å². The predicted molar refractivity (Wildman–Crippen MR) is 91.0 cm³/mol. The zero-order chi connectivity index (χ0) is 15.4. The minimum atomic E-state index is -0.116. The Labute approximate surface area is 132 Å². The highest BCUT2D eigenvalue weighted by molar-refractivity contribution is 9.10. The Balaban J connectivity index is 2.25. The van der Waals surface area contributed by atoms with Crippen molar-refractivity contribution in [2.45, 2.75) is 13.8 Å². The van der Waals surface area contributed by atoms with E-state index in [1.165, 1.54) is 0 Å². The van der Waals surface area contributed by atoms with Crippen LogP contribution in [0.5, 0.6) is 0 Å². The normalized spacial score (nSPS) is 10.2. The van der Waals surface area contributed by atoms with E-state index in [2.05, 4.69) is 26.6 Å². The van der Waals surface area contributed by atoms with E-state index in [1.54, 1.807) is 12.1 Å². The molecule has 5 heteroatoms. The van der Waals surface area contributed by atoms with Gasteiger partial charge in [-0.05, 0) is 49.7 Å². The van der Waals surface area contributed by atoms with Gasteiger partial charge in [-0.1, -0.05) is 22.0 Å². The molecule has 0 bridgehead atoms. The summed E-state index contributed by atoms with van der Waals surface area (Å²) in [5, 5.41) is 6.05. The Morgan fingerprint density at radius 1 is 1.24 bits per heavy atom. The number of benzene rings is 2. The van der Waals surface area contributed by atoms with E-state index in [1.807, 2.05) is 38.1 Å². The number of hydrogen-bond acceptors (Lipinski definition) is 3. The molecule has 4 N–H and O–H groups in total. The van der Waals surface area contributed by atoms with Gasteiger partial charge >= 0.3 is 0 Å². The van der Waals surface area contributed by atoms with Crippen molar-refractivity contribution >= 4 is 38.9 Å². The quantitative estimate of drug-likeness (QED) is 0.736. The average Bonchev–Trinajstić information content (AvgIpc) is 2.46. The van der Waals surface area contributed by atoms with Crippen LogP contribution in [-0.2, 0) is 0 Å². The van der Waals surface area contributed by atoms with Crippen molar-refractivity contribution in [1.29, 1.82) is 0 Å². The molecule has 0 saturated carbocycles. The van der Waals surface area contributed by atoms with Crippen molar-refractivity contribution < 1.29 is 4.79 Å². The number of halogens is 1. The molecule has 0 radical (unpaired) electrons. The second-order valence-electron chi connectivity index (χ2n) is 4.70. The van der Waals surface area contributed by atoms with E-state index in [-0.39, 0.29) is 5.91 Å². The molecule has 0 aliphatic heterocycles. The third-order valence-corrected chi connectivity index (χ3v) is 4.05. The van der Waals surface area contributed by atoms with Crippen LogP contribution >= 0.6 is 15.9 Å². The minimum Gasteiger partial charge on any atom is -0.397 e. The summed E-state index contributed by atoms with van der Waals surface area (Å²) < 4.78 is 1.03. The number of amides is 1. The SMILES string of the molecule is CCNC(=O)c1ccc(Nc2cccc(Br)c2C)c(N)c1. The summed E-state index contributed by atoms with van der Waals surface area (Å²) in [6.45, 7) is 4.49. The number of carbonyl (C=O) groups is 1. The molecule has 21 heavy (non-hydrogen) atoms. The first kappa shape index (κ1) is 15.4. The standard InChI is InChI=1S/C16H18BrN3O/c1-3-19-16(21)11-7-8-15(13(18)9-11)20-14-6-4-5-12(17)10(14)2/h4-9,20H,3,18H2,1-2H3,(H,19,21). The second kappa shape index (κ2) is 6.63. The minimum absolute atomic E-state index is 0.116. The maximum absolute atomic E-state index is 11.8. The molecule has 0 aromatic heterocycles.